The van der Waals surface area contributed by atoms with Crippen molar-refractivity contribution < 1.29 is 14.3 Å². The summed E-state index contributed by atoms with van der Waals surface area (Å²) in [5, 5.41) is 17.6. The monoisotopic (exact) mass is 396 g/mol. The predicted molar refractivity (Wildman–Crippen MR) is 108 cm³/mol. The maximum atomic E-state index is 14.0. The predicted octanol–water partition coefficient (Wildman–Crippen LogP) is 3.62. The lowest BCUT2D eigenvalue weighted by Crippen LogP contribution is -2.41. The van der Waals surface area contributed by atoms with E-state index in [-0.39, 0.29) is 17.9 Å². The van der Waals surface area contributed by atoms with Crippen LogP contribution in [0.25, 0.3) is 16.7 Å². The van der Waals surface area contributed by atoms with Gasteiger partial charge in [0.2, 0.25) is 5.95 Å². The molecule has 0 unspecified atom stereocenters. The summed E-state index contributed by atoms with van der Waals surface area (Å²) >= 11 is 0. The van der Waals surface area contributed by atoms with Gasteiger partial charge in [-0.15, -0.1) is 5.10 Å². The molecule has 0 spiro atoms. The fourth-order valence-electron chi connectivity index (χ4n) is 4.06. The number of hydrogen-bond donors (Lipinski definition) is 2. The van der Waals surface area contributed by atoms with Gasteiger partial charge in [-0.3, -0.25) is 4.79 Å². The highest BCUT2D eigenvalue weighted by atomic mass is 19.1. The number of fused-ring (bicyclic) bond motifs is 1. The van der Waals surface area contributed by atoms with Crippen molar-refractivity contribution in [3.8, 4) is 5.82 Å². The summed E-state index contributed by atoms with van der Waals surface area (Å²) in [5.41, 5.74) is 0.402. The normalized spacial score (nSPS) is 20.0. The highest BCUT2D eigenvalue weighted by molar-refractivity contribution is 5.94. The van der Waals surface area contributed by atoms with E-state index in [2.05, 4.69) is 15.4 Å². The van der Waals surface area contributed by atoms with E-state index < -0.39 is 11.5 Å². The molecule has 0 bridgehead atoms. The minimum absolute atomic E-state index is 0.102. The van der Waals surface area contributed by atoms with Gasteiger partial charge < -0.3 is 10.4 Å². The summed E-state index contributed by atoms with van der Waals surface area (Å²) in [5.74, 6) is -0.00799. The van der Waals surface area contributed by atoms with Crippen LogP contribution in [0.1, 0.15) is 49.9 Å². The Kier molecular flexibility index (Phi) is 5.08. The number of rotatable bonds is 4. The van der Waals surface area contributed by atoms with Crippen LogP contribution in [0.4, 0.5) is 4.39 Å². The Bertz CT molecular complexity index is 1020. The highest BCUT2D eigenvalue weighted by Gasteiger charge is 2.31. The number of hydrogen-bond acceptors (Lipinski definition) is 4. The molecular formula is C22H25FN4O2. The zero-order valence-corrected chi connectivity index (χ0v) is 16.6. The molecule has 2 N–H and O–H groups in total. The number of para-hydroxylation sites is 1. The number of nitrogens with one attached hydrogen (secondary N) is 1. The van der Waals surface area contributed by atoms with Gasteiger partial charge in [0.05, 0.1) is 22.1 Å². The molecule has 29 heavy (non-hydrogen) atoms. The molecule has 1 saturated carbocycles. The molecule has 1 aliphatic rings. The van der Waals surface area contributed by atoms with Gasteiger partial charge in [-0.2, -0.15) is 4.39 Å². The van der Waals surface area contributed by atoms with Crippen LogP contribution in [0.3, 0.4) is 0 Å². The summed E-state index contributed by atoms with van der Waals surface area (Å²) in [6.45, 7) is 3.69. The Labute approximate surface area is 168 Å². The molecule has 3 aromatic rings. The van der Waals surface area contributed by atoms with Crippen LogP contribution < -0.4 is 5.32 Å². The van der Waals surface area contributed by atoms with Gasteiger partial charge in [-0.25, -0.2) is 9.67 Å². The largest absolute Gasteiger partial charge is 0.390 e. The first kappa shape index (κ1) is 19.5. The number of halogens is 1. The average molecular weight is 396 g/mol. The van der Waals surface area contributed by atoms with Gasteiger partial charge in [0, 0.05) is 12.2 Å². The molecule has 2 aromatic heterocycles. The van der Waals surface area contributed by atoms with Crippen LogP contribution in [-0.2, 0) is 0 Å². The number of carbonyl (C=O) groups excluding carboxylic acids is 1. The second-order valence-electron chi connectivity index (χ2n) is 8.30. The second-order valence-corrected chi connectivity index (χ2v) is 8.30. The maximum Gasteiger partial charge on any atom is 0.253 e. The van der Waals surface area contributed by atoms with Crippen LogP contribution in [0.2, 0.25) is 0 Å². The summed E-state index contributed by atoms with van der Waals surface area (Å²) < 4.78 is 15.5. The number of amides is 1. The molecule has 0 atom stereocenters. The lowest BCUT2D eigenvalue weighted by molar-refractivity contribution is -0.00257. The summed E-state index contributed by atoms with van der Waals surface area (Å²) in [6.07, 6.45) is 4.98. The third kappa shape index (κ3) is 4.00. The van der Waals surface area contributed by atoms with Crippen molar-refractivity contribution in [1.29, 1.82) is 0 Å². The molecule has 0 radical (unpaired) electrons. The van der Waals surface area contributed by atoms with Crippen LogP contribution in [0, 0.1) is 11.9 Å². The maximum absolute atomic E-state index is 14.0. The molecule has 1 amide bonds. The number of carbonyl (C=O) groups is 1. The van der Waals surface area contributed by atoms with Gasteiger partial charge >= 0.3 is 0 Å². The molecule has 1 aliphatic carbocycles. The summed E-state index contributed by atoms with van der Waals surface area (Å²) in [7, 11) is 0. The molecule has 1 aromatic carbocycles. The minimum atomic E-state index is -0.676. The zero-order valence-electron chi connectivity index (χ0n) is 16.6. The van der Waals surface area contributed by atoms with Gasteiger partial charge in [0.1, 0.15) is 0 Å². The van der Waals surface area contributed by atoms with Crippen molar-refractivity contribution >= 4 is 16.8 Å². The Balaban J connectivity index is 1.44. The van der Waals surface area contributed by atoms with E-state index in [1.807, 2.05) is 19.9 Å². The number of nitrogens with zero attached hydrogens (tertiary/aromatic N) is 3. The fraction of sp³-hybridized carbons (Fsp3) is 0.409. The third-order valence-corrected chi connectivity index (χ3v) is 5.83. The molecular weight excluding hydrogens is 371 g/mol. The standard InChI is InChI=1S/C22H25FN4O2/c1-22(2,29)15-8-10-16(11-9-15)25-21(28)14-7-12-19(24-13-14)27-18-6-4-3-5-17(18)20(23)26-27/h3-7,12-13,15-16,29H,8-11H2,1-2H3,(H,25,28). The number of benzene rings is 1. The van der Waals surface area contributed by atoms with Crippen molar-refractivity contribution in [2.45, 2.75) is 51.2 Å². The number of pyridine rings is 1. The van der Waals surface area contributed by atoms with Gasteiger partial charge in [0.25, 0.3) is 5.91 Å². The van der Waals surface area contributed by atoms with E-state index in [1.54, 1.807) is 30.3 Å². The van der Waals surface area contributed by atoms with Crippen molar-refractivity contribution in [2.24, 2.45) is 5.92 Å². The number of aliphatic hydroxyl groups is 1. The van der Waals surface area contributed by atoms with Crippen LogP contribution in [-0.4, -0.2) is 37.4 Å². The fourth-order valence-corrected chi connectivity index (χ4v) is 4.06. The average Bonchev–Trinajstić information content (AvgIpc) is 3.05. The summed E-state index contributed by atoms with van der Waals surface area (Å²) in [6, 6.07) is 10.5. The SMILES string of the molecule is CC(C)(O)C1CCC(NC(=O)c2ccc(-n3nc(F)c4ccccc43)nc2)CC1. The van der Waals surface area contributed by atoms with E-state index in [1.165, 1.54) is 10.9 Å². The Morgan fingerprint density at radius 2 is 1.90 bits per heavy atom. The van der Waals surface area contributed by atoms with Crippen molar-refractivity contribution in [2.75, 3.05) is 0 Å². The first-order chi connectivity index (χ1) is 13.8. The molecule has 4 rings (SSSR count). The van der Waals surface area contributed by atoms with E-state index in [0.717, 1.165) is 25.7 Å². The minimum Gasteiger partial charge on any atom is -0.390 e. The third-order valence-electron chi connectivity index (χ3n) is 5.83. The smallest absolute Gasteiger partial charge is 0.253 e. The van der Waals surface area contributed by atoms with Crippen molar-refractivity contribution in [1.82, 2.24) is 20.1 Å². The van der Waals surface area contributed by atoms with Crippen molar-refractivity contribution in [3.05, 3.63) is 54.1 Å². The first-order valence-electron chi connectivity index (χ1n) is 9.96. The lowest BCUT2D eigenvalue weighted by Gasteiger charge is -2.36. The molecule has 0 aliphatic heterocycles. The topological polar surface area (TPSA) is 80.0 Å². The van der Waals surface area contributed by atoms with Gasteiger partial charge in [-0.05, 0) is 69.7 Å². The zero-order chi connectivity index (χ0) is 20.6. The lowest BCUT2D eigenvalue weighted by atomic mass is 9.77. The Morgan fingerprint density at radius 3 is 2.55 bits per heavy atom. The van der Waals surface area contributed by atoms with E-state index >= 15 is 0 Å². The quantitative estimate of drug-likeness (QED) is 0.706. The van der Waals surface area contributed by atoms with Crippen LogP contribution in [0.5, 0.6) is 0 Å². The summed E-state index contributed by atoms with van der Waals surface area (Å²) in [4.78, 5) is 16.9. The van der Waals surface area contributed by atoms with E-state index in [9.17, 15) is 14.3 Å². The van der Waals surface area contributed by atoms with Crippen molar-refractivity contribution in [3.63, 3.8) is 0 Å². The number of aromatic nitrogens is 3. The van der Waals surface area contributed by atoms with E-state index in [0.29, 0.717) is 22.3 Å². The van der Waals surface area contributed by atoms with Crippen LogP contribution >= 0.6 is 0 Å². The highest BCUT2D eigenvalue weighted by Crippen LogP contribution is 2.32. The Hall–Kier alpha value is -2.80. The first-order valence-corrected chi connectivity index (χ1v) is 9.96. The molecule has 1 fully saturated rings. The molecule has 0 saturated heterocycles. The molecule has 2 heterocycles. The van der Waals surface area contributed by atoms with Gasteiger partial charge in [-0.1, -0.05) is 12.1 Å². The molecule has 7 heteroatoms. The van der Waals surface area contributed by atoms with E-state index in [4.69, 9.17) is 0 Å². The molecule has 6 nitrogen and oxygen atoms in total. The van der Waals surface area contributed by atoms with Gasteiger partial charge in [0.15, 0.2) is 5.82 Å². The molecule has 152 valence electrons. The van der Waals surface area contributed by atoms with Crippen LogP contribution in [0.15, 0.2) is 42.6 Å². The Morgan fingerprint density at radius 1 is 1.17 bits per heavy atom. The second kappa shape index (κ2) is 7.55.